The molecule has 0 saturated carbocycles. The third-order valence-electron chi connectivity index (χ3n) is 3.73. The lowest BCUT2D eigenvalue weighted by atomic mass is 9.86. The maximum Gasteiger partial charge on any atom is 0.116 e. The summed E-state index contributed by atoms with van der Waals surface area (Å²) in [5.74, 6) is 0. The van der Waals surface area contributed by atoms with E-state index in [4.69, 9.17) is 4.74 Å². The van der Waals surface area contributed by atoms with Crippen molar-refractivity contribution in [2.75, 3.05) is 26.3 Å². The van der Waals surface area contributed by atoms with E-state index < -0.39 is 0 Å². The van der Waals surface area contributed by atoms with Crippen molar-refractivity contribution in [3.63, 3.8) is 0 Å². The molecule has 0 atom stereocenters. The van der Waals surface area contributed by atoms with Crippen LogP contribution in [0.4, 0.5) is 0 Å². The van der Waals surface area contributed by atoms with Gasteiger partial charge in [0.05, 0.1) is 19.3 Å². The monoisotopic (exact) mass is 228 g/mol. The van der Waals surface area contributed by atoms with Crippen LogP contribution in [0.3, 0.4) is 0 Å². The number of nitrogens with zero attached hydrogens (tertiary/aromatic N) is 2. The lowest BCUT2D eigenvalue weighted by Gasteiger charge is -2.40. The Bertz CT molecular complexity index is 460. The molecule has 1 aromatic rings. The van der Waals surface area contributed by atoms with Crippen LogP contribution in [0, 0.1) is 16.7 Å². The minimum absolute atomic E-state index is 0.244. The van der Waals surface area contributed by atoms with Crippen molar-refractivity contribution in [2.24, 2.45) is 5.41 Å². The van der Waals surface area contributed by atoms with E-state index in [1.807, 2.05) is 0 Å². The van der Waals surface area contributed by atoms with Crippen molar-refractivity contribution in [2.45, 2.75) is 13.0 Å². The van der Waals surface area contributed by atoms with Gasteiger partial charge in [-0.05, 0) is 17.5 Å². The van der Waals surface area contributed by atoms with Crippen LogP contribution in [-0.2, 0) is 17.7 Å². The zero-order chi connectivity index (χ0) is 11.7. The Balaban J connectivity index is 1.70. The highest BCUT2D eigenvalue weighted by Crippen LogP contribution is 2.29. The molecule has 1 saturated heterocycles. The van der Waals surface area contributed by atoms with Gasteiger partial charge in [-0.1, -0.05) is 24.3 Å². The Hall–Kier alpha value is -1.37. The molecule has 1 aromatic carbocycles. The van der Waals surface area contributed by atoms with Gasteiger partial charge >= 0.3 is 0 Å². The van der Waals surface area contributed by atoms with Gasteiger partial charge < -0.3 is 4.74 Å². The van der Waals surface area contributed by atoms with Gasteiger partial charge in [0.2, 0.25) is 0 Å². The second-order valence-electron chi connectivity index (χ2n) is 5.11. The third-order valence-corrected chi connectivity index (χ3v) is 3.73. The van der Waals surface area contributed by atoms with Crippen LogP contribution in [0.5, 0.6) is 0 Å². The Morgan fingerprint density at radius 2 is 2.06 bits per heavy atom. The van der Waals surface area contributed by atoms with E-state index in [1.54, 1.807) is 0 Å². The van der Waals surface area contributed by atoms with Crippen LogP contribution in [0.15, 0.2) is 24.3 Å². The summed E-state index contributed by atoms with van der Waals surface area (Å²) in [5.41, 5.74) is 2.62. The first-order valence-corrected chi connectivity index (χ1v) is 6.09. The predicted octanol–water partition coefficient (Wildman–Crippen LogP) is 1.58. The van der Waals surface area contributed by atoms with Crippen LogP contribution in [0.25, 0.3) is 0 Å². The van der Waals surface area contributed by atoms with E-state index in [1.165, 1.54) is 11.1 Å². The number of fused-ring (bicyclic) bond motifs is 1. The van der Waals surface area contributed by atoms with Gasteiger partial charge in [0.25, 0.3) is 0 Å². The highest BCUT2D eigenvalue weighted by atomic mass is 16.5. The van der Waals surface area contributed by atoms with Crippen molar-refractivity contribution >= 4 is 0 Å². The molecule has 0 spiro atoms. The van der Waals surface area contributed by atoms with Gasteiger partial charge in [0, 0.05) is 19.6 Å². The third kappa shape index (κ3) is 1.95. The van der Waals surface area contributed by atoms with E-state index in [-0.39, 0.29) is 5.41 Å². The minimum Gasteiger partial charge on any atom is -0.378 e. The summed E-state index contributed by atoms with van der Waals surface area (Å²) in [6.45, 7) is 4.07. The highest BCUT2D eigenvalue weighted by Gasteiger charge is 2.40. The van der Waals surface area contributed by atoms with E-state index in [2.05, 4.69) is 35.2 Å². The van der Waals surface area contributed by atoms with E-state index in [0.717, 1.165) is 26.1 Å². The normalized spacial score (nSPS) is 22.3. The quantitative estimate of drug-likeness (QED) is 0.771. The van der Waals surface area contributed by atoms with Crippen LogP contribution < -0.4 is 0 Å². The summed E-state index contributed by atoms with van der Waals surface area (Å²) in [7, 11) is 0. The minimum atomic E-state index is -0.244. The van der Waals surface area contributed by atoms with E-state index in [0.29, 0.717) is 13.2 Å². The molecule has 2 aliphatic heterocycles. The van der Waals surface area contributed by atoms with Crippen LogP contribution >= 0.6 is 0 Å². The summed E-state index contributed by atoms with van der Waals surface area (Å²) in [6, 6.07) is 11.0. The zero-order valence-corrected chi connectivity index (χ0v) is 9.85. The van der Waals surface area contributed by atoms with Crippen molar-refractivity contribution in [3.8, 4) is 6.07 Å². The fourth-order valence-electron chi connectivity index (χ4n) is 2.66. The largest absolute Gasteiger partial charge is 0.378 e. The smallest absolute Gasteiger partial charge is 0.116 e. The second-order valence-corrected chi connectivity index (χ2v) is 5.11. The molecule has 0 aliphatic carbocycles. The average Bonchev–Trinajstić information content (AvgIpc) is 2.34. The summed E-state index contributed by atoms with van der Waals surface area (Å²) in [5, 5.41) is 9.21. The van der Waals surface area contributed by atoms with Gasteiger partial charge in [-0.2, -0.15) is 5.26 Å². The van der Waals surface area contributed by atoms with Gasteiger partial charge in [0.15, 0.2) is 0 Å². The Morgan fingerprint density at radius 1 is 1.29 bits per heavy atom. The predicted molar refractivity (Wildman–Crippen MR) is 64.3 cm³/mol. The maximum absolute atomic E-state index is 9.21. The van der Waals surface area contributed by atoms with E-state index >= 15 is 0 Å². The molecular weight excluding hydrogens is 212 g/mol. The SMILES string of the molecule is N#CC1(CN2CCc3ccccc3C2)COC1. The van der Waals surface area contributed by atoms with Crippen molar-refractivity contribution in [1.82, 2.24) is 4.90 Å². The second kappa shape index (κ2) is 4.14. The fraction of sp³-hybridized carbons (Fsp3) is 0.500. The van der Waals surface area contributed by atoms with Crippen LogP contribution in [0.1, 0.15) is 11.1 Å². The lowest BCUT2D eigenvalue weighted by molar-refractivity contribution is -0.0927. The number of hydrogen-bond acceptors (Lipinski definition) is 3. The van der Waals surface area contributed by atoms with Crippen molar-refractivity contribution < 1.29 is 4.74 Å². The molecular formula is C14H16N2O. The van der Waals surface area contributed by atoms with Gasteiger partial charge in [-0.3, -0.25) is 4.90 Å². The first kappa shape index (κ1) is 10.8. The van der Waals surface area contributed by atoms with Crippen molar-refractivity contribution in [3.05, 3.63) is 35.4 Å². The molecule has 0 N–H and O–H groups in total. The molecule has 0 aromatic heterocycles. The summed E-state index contributed by atoms with van der Waals surface area (Å²) < 4.78 is 5.19. The molecule has 0 bridgehead atoms. The molecule has 2 heterocycles. The average molecular weight is 228 g/mol. The fourth-order valence-corrected chi connectivity index (χ4v) is 2.66. The van der Waals surface area contributed by atoms with Gasteiger partial charge in [-0.25, -0.2) is 0 Å². The summed E-state index contributed by atoms with van der Waals surface area (Å²) in [6.07, 6.45) is 1.10. The maximum atomic E-state index is 9.21. The Morgan fingerprint density at radius 3 is 2.71 bits per heavy atom. The van der Waals surface area contributed by atoms with E-state index in [9.17, 15) is 5.26 Å². The number of hydrogen-bond donors (Lipinski definition) is 0. The lowest BCUT2D eigenvalue weighted by Crippen LogP contribution is -2.50. The molecule has 0 unspecified atom stereocenters. The van der Waals surface area contributed by atoms with Gasteiger partial charge in [0.1, 0.15) is 5.41 Å². The van der Waals surface area contributed by atoms with Crippen molar-refractivity contribution in [1.29, 1.82) is 5.26 Å². The zero-order valence-electron chi connectivity index (χ0n) is 9.85. The molecule has 3 nitrogen and oxygen atoms in total. The molecule has 3 rings (SSSR count). The highest BCUT2D eigenvalue weighted by molar-refractivity contribution is 5.29. The summed E-state index contributed by atoms with van der Waals surface area (Å²) >= 11 is 0. The van der Waals surface area contributed by atoms with Gasteiger partial charge in [-0.15, -0.1) is 0 Å². The molecule has 0 radical (unpaired) electrons. The first-order chi connectivity index (χ1) is 8.31. The number of ether oxygens (including phenoxy) is 1. The summed E-state index contributed by atoms with van der Waals surface area (Å²) in [4.78, 5) is 2.38. The Labute approximate surface area is 102 Å². The molecule has 3 heteroatoms. The molecule has 17 heavy (non-hydrogen) atoms. The molecule has 0 amide bonds. The topological polar surface area (TPSA) is 36.3 Å². The molecule has 1 fully saturated rings. The number of rotatable bonds is 2. The number of nitriles is 1. The number of benzene rings is 1. The Kier molecular flexibility index (Phi) is 2.62. The van der Waals surface area contributed by atoms with Crippen LogP contribution in [0.2, 0.25) is 0 Å². The standard InChI is InChI=1S/C14H16N2O/c15-8-14(10-17-11-14)9-16-6-5-12-3-1-2-4-13(12)7-16/h1-4H,5-7,9-11H2. The van der Waals surface area contributed by atoms with Crippen LogP contribution in [-0.4, -0.2) is 31.2 Å². The first-order valence-electron chi connectivity index (χ1n) is 6.09. The molecule has 2 aliphatic rings. The molecule has 88 valence electrons.